The van der Waals surface area contributed by atoms with E-state index in [0.29, 0.717) is 38.3 Å². The molecule has 0 spiro atoms. The zero-order valence-corrected chi connectivity index (χ0v) is 16.7. The standard InChI is InChI=1S/C21H25FN2O3S/c1-16-4-2-6-19(14-16)23-21(25)9-8-17-10-12-24(13-11-17)28(26,27)20-7-3-5-18(22)15-20/h2-7,14-15,17H,8-13H2,1H3,(H,23,25). The quantitative estimate of drug-likeness (QED) is 0.793. The van der Waals surface area contributed by atoms with Gasteiger partial charge in [-0.1, -0.05) is 18.2 Å². The van der Waals surface area contributed by atoms with Crippen LogP contribution in [-0.2, 0) is 14.8 Å². The number of sulfonamides is 1. The summed E-state index contributed by atoms with van der Waals surface area (Å²) in [6.07, 6.45) is 2.54. The maximum atomic E-state index is 13.4. The number of rotatable bonds is 6. The molecule has 1 aliphatic rings. The molecular weight excluding hydrogens is 379 g/mol. The molecule has 2 aromatic rings. The van der Waals surface area contributed by atoms with Crippen LogP contribution in [0.4, 0.5) is 10.1 Å². The van der Waals surface area contributed by atoms with E-state index in [-0.39, 0.29) is 10.8 Å². The molecule has 1 amide bonds. The average molecular weight is 405 g/mol. The SMILES string of the molecule is Cc1cccc(NC(=O)CCC2CCN(S(=O)(=O)c3cccc(F)c3)CC2)c1. The van der Waals surface area contributed by atoms with Gasteiger partial charge in [0.05, 0.1) is 4.90 Å². The molecule has 0 atom stereocenters. The number of carbonyl (C=O) groups is 1. The van der Waals surface area contributed by atoms with Crippen LogP contribution in [0.1, 0.15) is 31.2 Å². The van der Waals surface area contributed by atoms with E-state index >= 15 is 0 Å². The van der Waals surface area contributed by atoms with Crippen LogP contribution in [0.25, 0.3) is 0 Å². The first kappa shape index (κ1) is 20.5. The molecule has 0 saturated carbocycles. The zero-order valence-electron chi connectivity index (χ0n) is 15.9. The second-order valence-electron chi connectivity index (χ2n) is 7.26. The molecule has 3 rings (SSSR count). The molecule has 150 valence electrons. The number of benzene rings is 2. The third-order valence-electron chi connectivity index (χ3n) is 5.09. The normalized spacial score (nSPS) is 16.1. The number of hydrogen-bond donors (Lipinski definition) is 1. The van der Waals surface area contributed by atoms with Gasteiger partial charge in [-0.25, -0.2) is 12.8 Å². The molecule has 28 heavy (non-hydrogen) atoms. The van der Waals surface area contributed by atoms with Gasteiger partial charge in [0.15, 0.2) is 0 Å². The van der Waals surface area contributed by atoms with Gasteiger partial charge >= 0.3 is 0 Å². The highest BCUT2D eigenvalue weighted by Crippen LogP contribution is 2.27. The maximum absolute atomic E-state index is 13.4. The van der Waals surface area contributed by atoms with Crippen molar-refractivity contribution in [3.63, 3.8) is 0 Å². The van der Waals surface area contributed by atoms with Crippen molar-refractivity contribution < 1.29 is 17.6 Å². The van der Waals surface area contributed by atoms with E-state index in [2.05, 4.69) is 5.32 Å². The van der Waals surface area contributed by atoms with Crippen LogP contribution in [0, 0.1) is 18.7 Å². The molecule has 0 bridgehead atoms. The summed E-state index contributed by atoms with van der Waals surface area (Å²) in [7, 11) is -3.67. The molecule has 1 N–H and O–H groups in total. The highest BCUT2D eigenvalue weighted by Gasteiger charge is 2.29. The Morgan fingerprint density at radius 3 is 2.54 bits per heavy atom. The third kappa shape index (κ3) is 5.17. The lowest BCUT2D eigenvalue weighted by Gasteiger charge is -2.31. The van der Waals surface area contributed by atoms with Gasteiger partial charge in [0.2, 0.25) is 15.9 Å². The van der Waals surface area contributed by atoms with E-state index in [1.54, 1.807) is 0 Å². The Labute approximate surface area is 165 Å². The van der Waals surface area contributed by atoms with Crippen LogP contribution < -0.4 is 5.32 Å². The summed E-state index contributed by atoms with van der Waals surface area (Å²) < 4.78 is 40.0. The van der Waals surface area contributed by atoms with Crippen LogP contribution in [0.3, 0.4) is 0 Å². The number of anilines is 1. The number of piperidine rings is 1. The molecule has 5 nitrogen and oxygen atoms in total. The Balaban J connectivity index is 1.48. The van der Waals surface area contributed by atoms with Gasteiger partial charge in [-0.2, -0.15) is 4.31 Å². The van der Waals surface area contributed by atoms with E-state index in [1.165, 1.54) is 22.5 Å². The van der Waals surface area contributed by atoms with Gasteiger partial charge in [0, 0.05) is 25.2 Å². The average Bonchev–Trinajstić information content (AvgIpc) is 2.67. The maximum Gasteiger partial charge on any atom is 0.243 e. The van der Waals surface area contributed by atoms with Gasteiger partial charge in [0.1, 0.15) is 5.82 Å². The summed E-state index contributed by atoms with van der Waals surface area (Å²) in [4.78, 5) is 12.1. The highest BCUT2D eigenvalue weighted by molar-refractivity contribution is 7.89. The summed E-state index contributed by atoms with van der Waals surface area (Å²) in [6, 6.07) is 12.8. The van der Waals surface area contributed by atoms with Crippen molar-refractivity contribution >= 4 is 21.6 Å². The number of amides is 1. The van der Waals surface area contributed by atoms with E-state index in [9.17, 15) is 17.6 Å². The smallest absolute Gasteiger partial charge is 0.243 e. The topological polar surface area (TPSA) is 66.5 Å². The minimum absolute atomic E-state index is 0.0107. The second kappa shape index (κ2) is 8.84. The lowest BCUT2D eigenvalue weighted by atomic mass is 9.93. The Morgan fingerprint density at radius 1 is 1.14 bits per heavy atom. The molecule has 1 heterocycles. The van der Waals surface area contributed by atoms with Crippen molar-refractivity contribution in [2.45, 2.75) is 37.5 Å². The summed E-state index contributed by atoms with van der Waals surface area (Å²) in [5, 5.41) is 2.90. The zero-order chi connectivity index (χ0) is 20.1. The number of aryl methyl sites for hydroxylation is 1. The fourth-order valence-electron chi connectivity index (χ4n) is 3.50. The molecule has 1 aliphatic heterocycles. The predicted molar refractivity (Wildman–Crippen MR) is 107 cm³/mol. The molecule has 2 aromatic carbocycles. The monoisotopic (exact) mass is 404 g/mol. The van der Waals surface area contributed by atoms with Gasteiger partial charge in [0.25, 0.3) is 0 Å². The minimum atomic E-state index is -3.67. The molecule has 7 heteroatoms. The molecule has 1 fully saturated rings. The van der Waals surface area contributed by atoms with Crippen molar-refractivity contribution in [2.75, 3.05) is 18.4 Å². The van der Waals surface area contributed by atoms with E-state index in [4.69, 9.17) is 0 Å². The minimum Gasteiger partial charge on any atom is -0.326 e. The first-order valence-electron chi connectivity index (χ1n) is 9.47. The number of carbonyl (C=O) groups excluding carboxylic acids is 1. The van der Waals surface area contributed by atoms with Gasteiger partial charge < -0.3 is 5.32 Å². The van der Waals surface area contributed by atoms with Crippen LogP contribution in [0.2, 0.25) is 0 Å². The molecule has 1 saturated heterocycles. The number of hydrogen-bond acceptors (Lipinski definition) is 3. The van der Waals surface area contributed by atoms with Gasteiger partial charge in [-0.15, -0.1) is 0 Å². The highest BCUT2D eigenvalue weighted by atomic mass is 32.2. The van der Waals surface area contributed by atoms with E-state index < -0.39 is 15.8 Å². The Morgan fingerprint density at radius 2 is 1.86 bits per heavy atom. The first-order chi connectivity index (χ1) is 13.3. The summed E-state index contributed by atoms with van der Waals surface area (Å²) >= 11 is 0. The largest absolute Gasteiger partial charge is 0.326 e. The lowest BCUT2D eigenvalue weighted by Crippen LogP contribution is -2.38. The van der Waals surface area contributed by atoms with Crippen molar-refractivity contribution in [1.82, 2.24) is 4.31 Å². The Bertz CT molecular complexity index is 938. The predicted octanol–water partition coefficient (Wildman–Crippen LogP) is 3.95. The van der Waals surface area contributed by atoms with Crippen molar-refractivity contribution in [3.05, 3.63) is 59.9 Å². The lowest BCUT2D eigenvalue weighted by molar-refractivity contribution is -0.116. The van der Waals surface area contributed by atoms with Crippen LogP contribution >= 0.6 is 0 Å². The fourth-order valence-corrected chi connectivity index (χ4v) is 5.00. The van der Waals surface area contributed by atoms with Crippen molar-refractivity contribution in [2.24, 2.45) is 5.92 Å². The van der Waals surface area contributed by atoms with E-state index in [1.807, 2.05) is 31.2 Å². The van der Waals surface area contributed by atoms with Gasteiger partial charge in [-0.05, 0) is 68.0 Å². The van der Waals surface area contributed by atoms with Crippen LogP contribution in [0.5, 0.6) is 0 Å². The number of nitrogens with zero attached hydrogens (tertiary/aromatic N) is 1. The van der Waals surface area contributed by atoms with Crippen molar-refractivity contribution in [3.8, 4) is 0 Å². The molecule has 0 unspecified atom stereocenters. The number of halogens is 1. The van der Waals surface area contributed by atoms with E-state index in [0.717, 1.165) is 23.7 Å². The summed E-state index contributed by atoms with van der Waals surface area (Å²) in [6.45, 7) is 2.76. The molecular formula is C21H25FN2O3S. The summed E-state index contributed by atoms with van der Waals surface area (Å²) in [5.41, 5.74) is 1.88. The fraction of sp³-hybridized carbons (Fsp3) is 0.381. The second-order valence-corrected chi connectivity index (χ2v) is 9.20. The van der Waals surface area contributed by atoms with Crippen LogP contribution in [0.15, 0.2) is 53.4 Å². The number of nitrogens with one attached hydrogen (secondary N) is 1. The molecule has 0 aromatic heterocycles. The Hall–Kier alpha value is -2.25. The van der Waals surface area contributed by atoms with Crippen molar-refractivity contribution in [1.29, 1.82) is 0 Å². The van der Waals surface area contributed by atoms with Crippen LogP contribution in [-0.4, -0.2) is 31.7 Å². The van der Waals surface area contributed by atoms with Gasteiger partial charge in [-0.3, -0.25) is 4.79 Å². The Kier molecular flexibility index (Phi) is 6.46. The summed E-state index contributed by atoms with van der Waals surface area (Å²) in [5.74, 6) is -0.279. The molecule has 0 radical (unpaired) electrons. The molecule has 0 aliphatic carbocycles. The third-order valence-corrected chi connectivity index (χ3v) is 6.98. The first-order valence-corrected chi connectivity index (χ1v) is 10.9.